The first-order chi connectivity index (χ1) is 13.9. The van der Waals surface area contributed by atoms with Crippen molar-refractivity contribution in [1.29, 1.82) is 0 Å². The average Bonchev–Trinajstić information content (AvgIpc) is 3.02. The van der Waals surface area contributed by atoms with Crippen LogP contribution in [0.2, 0.25) is 0 Å². The molecule has 3 rings (SSSR count). The second-order valence-corrected chi connectivity index (χ2v) is 6.57. The molecule has 5 nitrogen and oxygen atoms in total. The molecule has 3 aromatic rings. The van der Waals surface area contributed by atoms with E-state index in [0.29, 0.717) is 0 Å². The molecule has 1 atom stereocenters. The van der Waals surface area contributed by atoms with Crippen molar-refractivity contribution in [3.05, 3.63) is 77.5 Å². The molecule has 1 N–H and O–H groups in total. The summed E-state index contributed by atoms with van der Waals surface area (Å²) in [4.78, 5) is 24.5. The van der Waals surface area contributed by atoms with E-state index >= 15 is 0 Å². The third kappa shape index (κ3) is 4.68. The Kier molecular flexibility index (Phi) is 6.07. The summed E-state index contributed by atoms with van der Waals surface area (Å²) in [6, 6.07) is 9.86. The van der Waals surface area contributed by atoms with Gasteiger partial charge in [-0.15, -0.1) is 0 Å². The third-order valence-electron chi connectivity index (χ3n) is 4.58. The Balaban J connectivity index is 1.77. The van der Waals surface area contributed by atoms with Crippen LogP contribution in [-0.4, -0.2) is 29.6 Å². The molecule has 0 saturated heterocycles. The summed E-state index contributed by atoms with van der Waals surface area (Å²) in [5, 5.41) is 3.56. The molecule has 0 aliphatic carbocycles. The fraction of sp³-hybridized carbons (Fsp3) is 0.182. The lowest BCUT2D eigenvalue weighted by atomic mass is 10.0. The van der Waals surface area contributed by atoms with Crippen molar-refractivity contribution in [2.45, 2.75) is 12.5 Å². The Morgan fingerprint density at radius 3 is 2.69 bits per heavy atom. The van der Waals surface area contributed by atoms with Crippen molar-refractivity contribution in [2.24, 2.45) is 7.05 Å². The predicted octanol–water partition coefficient (Wildman–Crippen LogP) is 3.37. The maximum atomic E-state index is 13.7. The molecule has 1 amide bonds. The molecule has 0 saturated carbocycles. The SMILES string of the molecule is COC(=O)[C@H](Cc1cn(C)c2ccccc12)NC(=O)C=Cc1ccc(F)cc1F. The van der Waals surface area contributed by atoms with Gasteiger partial charge in [0, 0.05) is 48.3 Å². The number of ether oxygens (including phenoxy) is 1. The van der Waals surface area contributed by atoms with Gasteiger partial charge in [-0.25, -0.2) is 13.6 Å². The van der Waals surface area contributed by atoms with Crippen LogP contribution < -0.4 is 5.32 Å². The van der Waals surface area contributed by atoms with Crippen LogP contribution in [0, 0.1) is 11.6 Å². The van der Waals surface area contributed by atoms with Crippen molar-refractivity contribution < 1.29 is 23.1 Å². The van der Waals surface area contributed by atoms with E-state index in [1.807, 2.05) is 42.1 Å². The van der Waals surface area contributed by atoms with Gasteiger partial charge in [-0.3, -0.25) is 4.79 Å². The monoisotopic (exact) mass is 398 g/mol. The van der Waals surface area contributed by atoms with Gasteiger partial charge >= 0.3 is 5.97 Å². The standard InChI is InChI=1S/C22H20F2N2O3/c1-26-13-15(17-5-3-4-6-20(17)26)11-19(22(28)29-2)25-21(27)10-8-14-7-9-16(23)12-18(14)24/h3-10,12-13,19H,11H2,1-2H3,(H,25,27)/t19-/m0/s1. The Morgan fingerprint density at radius 2 is 1.97 bits per heavy atom. The lowest BCUT2D eigenvalue weighted by Crippen LogP contribution is -2.42. The third-order valence-corrected chi connectivity index (χ3v) is 4.58. The molecule has 0 fully saturated rings. The first kappa shape index (κ1) is 20.3. The number of hydrogen-bond donors (Lipinski definition) is 1. The minimum Gasteiger partial charge on any atom is -0.467 e. The zero-order chi connectivity index (χ0) is 21.0. The number of para-hydroxylation sites is 1. The fourth-order valence-electron chi connectivity index (χ4n) is 3.17. The van der Waals surface area contributed by atoms with Crippen molar-refractivity contribution in [1.82, 2.24) is 9.88 Å². The fourth-order valence-corrected chi connectivity index (χ4v) is 3.17. The molecule has 150 valence electrons. The van der Waals surface area contributed by atoms with Crippen LogP contribution >= 0.6 is 0 Å². The number of amides is 1. The van der Waals surface area contributed by atoms with Gasteiger partial charge in [-0.05, 0) is 29.8 Å². The maximum Gasteiger partial charge on any atom is 0.328 e. The minimum atomic E-state index is -0.916. The highest BCUT2D eigenvalue weighted by Gasteiger charge is 2.23. The molecule has 1 aromatic heterocycles. The Hall–Kier alpha value is -3.48. The smallest absolute Gasteiger partial charge is 0.328 e. The summed E-state index contributed by atoms with van der Waals surface area (Å²) < 4.78 is 33.4. The molecule has 2 aromatic carbocycles. The number of carbonyl (C=O) groups excluding carboxylic acids is 2. The van der Waals surface area contributed by atoms with Crippen molar-refractivity contribution in [2.75, 3.05) is 7.11 Å². The number of methoxy groups -OCH3 is 1. The molecule has 0 radical (unpaired) electrons. The Bertz CT molecular complexity index is 1090. The van der Waals surface area contributed by atoms with Crippen LogP contribution in [0.25, 0.3) is 17.0 Å². The van der Waals surface area contributed by atoms with Gasteiger partial charge in [0.15, 0.2) is 0 Å². The Labute approximate surface area is 166 Å². The number of hydrogen-bond acceptors (Lipinski definition) is 3. The number of aromatic nitrogens is 1. The van der Waals surface area contributed by atoms with Gasteiger partial charge in [-0.1, -0.05) is 18.2 Å². The number of nitrogens with one attached hydrogen (secondary N) is 1. The molecule has 0 aliphatic rings. The van der Waals surface area contributed by atoms with E-state index in [4.69, 9.17) is 4.74 Å². The highest BCUT2D eigenvalue weighted by Crippen LogP contribution is 2.22. The Morgan fingerprint density at radius 1 is 1.21 bits per heavy atom. The van der Waals surface area contributed by atoms with Gasteiger partial charge in [0.05, 0.1) is 7.11 Å². The van der Waals surface area contributed by atoms with E-state index in [1.54, 1.807) is 0 Å². The van der Waals surface area contributed by atoms with Gasteiger partial charge in [0.2, 0.25) is 5.91 Å². The van der Waals surface area contributed by atoms with Crippen LogP contribution in [0.3, 0.4) is 0 Å². The first-order valence-corrected chi connectivity index (χ1v) is 8.93. The topological polar surface area (TPSA) is 60.3 Å². The number of fused-ring (bicyclic) bond motifs is 1. The summed E-state index contributed by atoms with van der Waals surface area (Å²) in [7, 11) is 3.14. The minimum absolute atomic E-state index is 0.0604. The summed E-state index contributed by atoms with van der Waals surface area (Å²) >= 11 is 0. The molecular formula is C22H20F2N2O3. The number of nitrogens with zero attached hydrogens (tertiary/aromatic N) is 1. The zero-order valence-corrected chi connectivity index (χ0v) is 16.0. The maximum absolute atomic E-state index is 13.7. The summed E-state index contributed by atoms with van der Waals surface area (Å²) in [5.41, 5.74) is 1.95. The van der Waals surface area contributed by atoms with Crippen LogP contribution in [0.4, 0.5) is 8.78 Å². The molecular weight excluding hydrogens is 378 g/mol. The van der Waals surface area contributed by atoms with E-state index in [2.05, 4.69) is 5.32 Å². The molecule has 7 heteroatoms. The first-order valence-electron chi connectivity index (χ1n) is 8.93. The van der Waals surface area contributed by atoms with Crippen LogP contribution in [-0.2, 0) is 27.8 Å². The van der Waals surface area contributed by atoms with E-state index in [-0.39, 0.29) is 12.0 Å². The van der Waals surface area contributed by atoms with Gasteiger partial charge in [0.1, 0.15) is 17.7 Å². The predicted molar refractivity (Wildman–Crippen MR) is 106 cm³/mol. The van der Waals surface area contributed by atoms with Gasteiger partial charge < -0.3 is 14.6 Å². The molecule has 0 spiro atoms. The molecule has 0 aliphatic heterocycles. The quantitative estimate of drug-likeness (QED) is 0.512. The van der Waals surface area contributed by atoms with Crippen LogP contribution in [0.1, 0.15) is 11.1 Å². The summed E-state index contributed by atoms with van der Waals surface area (Å²) in [5.74, 6) is -2.67. The molecule has 1 heterocycles. The number of carbonyl (C=O) groups is 2. The highest BCUT2D eigenvalue weighted by atomic mass is 19.1. The number of aryl methyl sites for hydroxylation is 1. The summed E-state index contributed by atoms with van der Waals surface area (Å²) in [6.45, 7) is 0. The highest BCUT2D eigenvalue weighted by molar-refractivity contribution is 5.95. The normalized spacial score (nSPS) is 12.3. The average molecular weight is 398 g/mol. The van der Waals surface area contributed by atoms with Crippen molar-refractivity contribution >= 4 is 28.9 Å². The largest absolute Gasteiger partial charge is 0.467 e. The lowest BCUT2D eigenvalue weighted by molar-refractivity contribution is -0.144. The van der Waals surface area contributed by atoms with E-state index in [1.165, 1.54) is 19.3 Å². The number of benzene rings is 2. The molecule has 29 heavy (non-hydrogen) atoms. The van der Waals surface area contributed by atoms with Crippen molar-refractivity contribution in [3.8, 4) is 0 Å². The zero-order valence-electron chi connectivity index (χ0n) is 16.0. The van der Waals surface area contributed by atoms with E-state index in [0.717, 1.165) is 34.7 Å². The molecule has 0 unspecified atom stereocenters. The molecule has 0 bridgehead atoms. The van der Waals surface area contributed by atoms with Crippen LogP contribution in [0.5, 0.6) is 0 Å². The van der Waals surface area contributed by atoms with Crippen molar-refractivity contribution in [3.63, 3.8) is 0 Å². The second kappa shape index (κ2) is 8.68. The van der Waals surface area contributed by atoms with E-state index < -0.39 is 29.6 Å². The number of rotatable bonds is 6. The lowest BCUT2D eigenvalue weighted by Gasteiger charge is -2.15. The second-order valence-electron chi connectivity index (χ2n) is 6.57. The van der Waals surface area contributed by atoms with Gasteiger partial charge in [-0.2, -0.15) is 0 Å². The number of halogens is 2. The van der Waals surface area contributed by atoms with E-state index in [9.17, 15) is 18.4 Å². The van der Waals surface area contributed by atoms with Gasteiger partial charge in [0.25, 0.3) is 0 Å². The van der Waals surface area contributed by atoms with Crippen LogP contribution in [0.15, 0.2) is 54.7 Å². The summed E-state index contributed by atoms with van der Waals surface area (Å²) in [6.07, 6.45) is 4.45. The number of esters is 1.